The van der Waals surface area contributed by atoms with Gasteiger partial charge in [-0.1, -0.05) is 12.1 Å². The van der Waals surface area contributed by atoms with E-state index in [2.05, 4.69) is 0 Å². The Morgan fingerprint density at radius 2 is 1.84 bits per heavy atom. The molecule has 0 aliphatic carbocycles. The van der Waals surface area contributed by atoms with Crippen LogP contribution in [0.25, 0.3) is 11.1 Å². The number of carboxylic acid groups (broad SMARTS) is 1. The number of aromatic carboxylic acids is 1. The molecule has 0 aliphatic rings. The number of carbonyl (C=O) groups is 1. The van der Waals surface area contributed by atoms with Crippen LogP contribution in [0.1, 0.15) is 15.9 Å². The maximum absolute atomic E-state index is 13.7. The predicted molar refractivity (Wildman–Crippen MR) is 63.5 cm³/mol. The first-order chi connectivity index (χ1) is 9.04. The number of nitrogens with zero attached hydrogens (tertiary/aromatic N) is 1. The normalized spacial score (nSPS) is 9.95. The smallest absolute Gasteiger partial charge is 0.339 e. The molecule has 5 heteroatoms. The van der Waals surface area contributed by atoms with E-state index in [1.165, 1.54) is 24.3 Å². The van der Waals surface area contributed by atoms with Gasteiger partial charge in [-0.25, -0.2) is 13.6 Å². The van der Waals surface area contributed by atoms with Crippen molar-refractivity contribution in [1.82, 2.24) is 0 Å². The molecule has 0 unspecified atom stereocenters. The summed E-state index contributed by atoms with van der Waals surface area (Å²) in [5, 5.41) is 17.8. The lowest BCUT2D eigenvalue weighted by atomic mass is 9.97. The van der Waals surface area contributed by atoms with Gasteiger partial charge in [0.2, 0.25) is 0 Å². The predicted octanol–water partition coefficient (Wildman–Crippen LogP) is 3.20. The molecule has 0 atom stereocenters. The third kappa shape index (κ3) is 2.29. The van der Waals surface area contributed by atoms with Crippen molar-refractivity contribution in [2.24, 2.45) is 0 Å². The lowest BCUT2D eigenvalue weighted by Gasteiger charge is -2.08. The van der Waals surface area contributed by atoms with Crippen LogP contribution in [0, 0.1) is 23.0 Å². The van der Waals surface area contributed by atoms with Crippen molar-refractivity contribution in [3.05, 3.63) is 59.2 Å². The Labute approximate surface area is 107 Å². The molecule has 0 saturated heterocycles. The summed E-state index contributed by atoms with van der Waals surface area (Å²) in [6.45, 7) is 0. The highest BCUT2D eigenvalue weighted by molar-refractivity contribution is 5.96. The molecule has 0 saturated carbocycles. The Hall–Kier alpha value is -2.74. The van der Waals surface area contributed by atoms with Gasteiger partial charge in [0, 0.05) is 11.1 Å². The average Bonchev–Trinajstić information content (AvgIpc) is 2.38. The van der Waals surface area contributed by atoms with Crippen molar-refractivity contribution in [3.8, 4) is 17.2 Å². The van der Waals surface area contributed by atoms with Gasteiger partial charge in [0.05, 0.1) is 11.6 Å². The van der Waals surface area contributed by atoms with E-state index in [-0.39, 0.29) is 16.7 Å². The largest absolute Gasteiger partial charge is 0.478 e. The van der Waals surface area contributed by atoms with E-state index in [1.54, 1.807) is 0 Å². The van der Waals surface area contributed by atoms with Crippen LogP contribution in [-0.4, -0.2) is 11.1 Å². The number of hydrogen-bond acceptors (Lipinski definition) is 2. The third-order valence-corrected chi connectivity index (χ3v) is 2.61. The Morgan fingerprint density at radius 3 is 2.47 bits per heavy atom. The topological polar surface area (TPSA) is 61.1 Å². The number of hydrogen-bond donors (Lipinski definition) is 1. The van der Waals surface area contributed by atoms with Gasteiger partial charge in [-0.3, -0.25) is 0 Å². The van der Waals surface area contributed by atoms with Crippen LogP contribution in [0.2, 0.25) is 0 Å². The van der Waals surface area contributed by atoms with E-state index in [4.69, 9.17) is 10.4 Å². The molecule has 0 aliphatic heterocycles. The molecule has 1 N–H and O–H groups in total. The minimum Gasteiger partial charge on any atom is -0.478 e. The summed E-state index contributed by atoms with van der Waals surface area (Å²) in [5.41, 5.74) is -0.661. The molecule has 0 amide bonds. The second kappa shape index (κ2) is 4.86. The van der Waals surface area contributed by atoms with E-state index in [9.17, 15) is 13.6 Å². The number of rotatable bonds is 2. The van der Waals surface area contributed by atoms with Crippen LogP contribution in [0.5, 0.6) is 0 Å². The Morgan fingerprint density at radius 1 is 1.11 bits per heavy atom. The van der Waals surface area contributed by atoms with E-state index in [0.717, 1.165) is 12.1 Å². The van der Waals surface area contributed by atoms with Crippen LogP contribution in [0.3, 0.4) is 0 Å². The van der Waals surface area contributed by atoms with Crippen LogP contribution in [0.4, 0.5) is 8.78 Å². The second-order valence-electron chi connectivity index (χ2n) is 3.77. The van der Waals surface area contributed by atoms with Crippen molar-refractivity contribution in [3.63, 3.8) is 0 Å². The summed E-state index contributed by atoms with van der Waals surface area (Å²) >= 11 is 0. The highest BCUT2D eigenvalue weighted by Crippen LogP contribution is 2.29. The van der Waals surface area contributed by atoms with Gasteiger partial charge < -0.3 is 5.11 Å². The SMILES string of the molecule is N#Cc1ccc(F)c(-c2cccc(F)c2C(=O)O)c1. The molecule has 0 heterocycles. The average molecular weight is 259 g/mol. The summed E-state index contributed by atoms with van der Waals surface area (Å²) in [5.74, 6) is -3.16. The molecule has 0 fully saturated rings. The maximum Gasteiger partial charge on any atom is 0.339 e. The van der Waals surface area contributed by atoms with Crippen LogP contribution < -0.4 is 0 Å². The fraction of sp³-hybridized carbons (Fsp3) is 0. The van der Waals surface area contributed by atoms with Gasteiger partial charge in [0.15, 0.2) is 0 Å². The molecule has 0 radical (unpaired) electrons. The summed E-state index contributed by atoms with van der Waals surface area (Å²) in [6, 6.07) is 8.89. The zero-order valence-corrected chi connectivity index (χ0v) is 9.52. The lowest BCUT2D eigenvalue weighted by Crippen LogP contribution is -2.04. The van der Waals surface area contributed by atoms with Gasteiger partial charge in [0.25, 0.3) is 0 Å². The number of benzene rings is 2. The standard InChI is InChI=1S/C14H7F2NO2/c15-11-5-4-8(7-17)6-10(11)9-2-1-3-12(16)13(9)14(18)19/h1-6H,(H,18,19). The molecular weight excluding hydrogens is 252 g/mol. The van der Waals surface area contributed by atoms with Gasteiger partial charge in [0.1, 0.15) is 17.2 Å². The Bertz CT molecular complexity index is 705. The molecule has 2 aromatic rings. The minimum absolute atomic E-state index is 0.0953. The minimum atomic E-state index is -1.49. The Kier molecular flexibility index (Phi) is 3.25. The molecular formula is C14H7F2NO2. The first kappa shape index (κ1) is 12.7. The number of carboxylic acids is 1. The third-order valence-electron chi connectivity index (χ3n) is 2.61. The van der Waals surface area contributed by atoms with Crippen molar-refractivity contribution in [2.45, 2.75) is 0 Å². The van der Waals surface area contributed by atoms with Gasteiger partial charge in [-0.05, 0) is 24.3 Å². The maximum atomic E-state index is 13.7. The van der Waals surface area contributed by atoms with Gasteiger partial charge in [-0.15, -0.1) is 0 Å². The highest BCUT2D eigenvalue weighted by Gasteiger charge is 2.19. The summed E-state index contributed by atoms with van der Waals surface area (Å²) in [7, 11) is 0. The zero-order chi connectivity index (χ0) is 14.0. The molecule has 2 aromatic carbocycles. The summed E-state index contributed by atoms with van der Waals surface area (Å²) < 4.78 is 27.3. The van der Waals surface area contributed by atoms with E-state index in [1.807, 2.05) is 6.07 Å². The molecule has 0 spiro atoms. The molecule has 19 heavy (non-hydrogen) atoms. The van der Waals surface area contributed by atoms with Crippen LogP contribution in [0.15, 0.2) is 36.4 Å². The molecule has 94 valence electrons. The van der Waals surface area contributed by atoms with Gasteiger partial charge in [-0.2, -0.15) is 5.26 Å². The monoisotopic (exact) mass is 259 g/mol. The van der Waals surface area contributed by atoms with Crippen LogP contribution >= 0.6 is 0 Å². The fourth-order valence-electron chi connectivity index (χ4n) is 1.77. The van der Waals surface area contributed by atoms with Crippen LogP contribution in [-0.2, 0) is 0 Å². The second-order valence-corrected chi connectivity index (χ2v) is 3.77. The van der Waals surface area contributed by atoms with E-state index in [0.29, 0.717) is 0 Å². The highest BCUT2D eigenvalue weighted by atomic mass is 19.1. The number of nitriles is 1. The zero-order valence-electron chi connectivity index (χ0n) is 9.52. The lowest BCUT2D eigenvalue weighted by molar-refractivity contribution is 0.0693. The molecule has 0 aromatic heterocycles. The first-order valence-corrected chi connectivity index (χ1v) is 5.26. The van der Waals surface area contributed by atoms with Crippen molar-refractivity contribution >= 4 is 5.97 Å². The molecule has 0 bridgehead atoms. The quantitative estimate of drug-likeness (QED) is 0.900. The summed E-state index contributed by atoms with van der Waals surface area (Å²) in [4.78, 5) is 11.1. The van der Waals surface area contributed by atoms with Crippen molar-refractivity contribution in [2.75, 3.05) is 0 Å². The fourth-order valence-corrected chi connectivity index (χ4v) is 1.77. The molecule has 3 nitrogen and oxygen atoms in total. The van der Waals surface area contributed by atoms with E-state index >= 15 is 0 Å². The van der Waals surface area contributed by atoms with Crippen molar-refractivity contribution < 1.29 is 18.7 Å². The van der Waals surface area contributed by atoms with E-state index < -0.39 is 23.2 Å². The van der Waals surface area contributed by atoms with Crippen molar-refractivity contribution in [1.29, 1.82) is 5.26 Å². The summed E-state index contributed by atoms with van der Waals surface area (Å²) in [6.07, 6.45) is 0. The Balaban J connectivity index is 2.76. The number of halogens is 2. The molecule has 2 rings (SSSR count). The van der Waals surface area contributed by atoms with Gasteiger partial charge >= 0.3 is 5.97 Å². The first-order valence-electron chi connectivity index (χ1n) is 5.26.